The predicted octanol–water partition coefficient (Wildman–Crippen LogP) is 2.50. The molecular weight excluding hydrogens is 417 g/mol. The lowest BCUT2D eigenvalue weighted by Gasteiger charge is -2.31. The van der Waals surface area contributed by atoms with Gasteiger partial charge in [-0.2, -0.15) is 18.3 Å². The van der Waals surface area contributed by atoms with Gasteiger partial charge >= 0.3 is 6.18 Å². The molecule has 1 aliphatic rings. The number of nitrogens with one attached hydrogen (secondary N) is 2. The van der Waals surface area contributed by atoms with E-state index < -0.39 is 18.6 Å². The molecule has 1 fully saturated rings. The Kier molecular flexibility index (Phi) is 7.03. The number of carbonyl (C=O) groups excluding carboxylic acids is 2. The third-order valence-electron chi connectivity index (χ3n) is 4.99. The second kappa shape index (κ2) is 9.71. The van der Waals surface area contributed by atoms with Crippen molar-refractivity contribution in [2.24, 2.45) is 0 Å². The summed E-state index contributed by atoms with van der Waals surface area (Å²) in [7, 11) is 1.52. The van der Waals surface area contributed by atoms with Crippen molar-refractivity contribution in [3.63, 3.8) is 0 Å². The number of aromatic amines is 1. The number of ether oxygens (including phenoxy) is 2. The van der Waals surface area contributed by atoms with Gasteiger partial charge in [-0.05, 0) is 31.0 Å². The van der Waals surface area contributed by atoms with Crippen LogP contribution in [0.1, 0.15) is 34.9 Å². The number of piperidine rings is 1. The first-order valence-electron chi connectivity index (χ1n) is 9.70. The van der Waals surface area contributed by atoms with Crippen molar-refractivity contribution in [2.75, 3.05) is 33.4 Å². The number of methoxy groups -OCH3 is 1. The number of rotatable bonds is 7. The zero-order valence-corrected chi connectivity index (χ0v) is 16.9. The largest absolute Gasteiger partial charge is 0.493 e. The first-order chi connectivity index (χ1) is 14.8. The van der Waals surface area contributed by atoms with Crippen LogP contribution in [0.2, 0.25) is 0 Å². The Labute approximate surface area is 176 Å². The molecule has 2 heterocycles. The number of likely N-dealkylation sites (tertiary alicyclic amines) is 1. The standard InChI is InChI=1S/C20H23F3N4O4/c1-30-16-4-2-3-5-17(16)31-11-18(28)27-8-6-13(7-9-27)14-10-15(26-25-14)19(29)24-12-20(21,22)23/h2-5,10,13H,6-9,11-12H2,1H3,(H,24,29)(H,25,26). The van der Waals surface area contributed by atoms with Gasteiger partial charge in [0.2, 0.25) is 0 Å². The van der Waals surface area contributed by atoms with Crippen molar-refractivity contribution in [1.82, 2.24) is 20.4 Å². The second-order valence-corrected chi connectivity index (χ2v) is 7.10. The number of halogens is 3. The number of benzene rings is 1. The Hall–Kier alpha value is -3.24. The predicted molar refractivity (Wildman–Crippen MR) is 104 cm³/mol. The summed E-state index contributed by atoms with van der Waals surface area (Å²) in [6.45, 7) is -0.537. The highest BCUT2D eigenvalue weighted by atomic mass is 19.4. The molecule has 2 amide bonds. The average molecular weight is 440 g/mol. The molecule has 1 aliphatic heterocycles. The number of hydrogen-bond acceptors (Lipinski definition) is 5. The zero-order chi connectivity index (χ0) is 22.4. The molecule has 168 valence electrons. The van der Waals surface area contributed by atoms with Gasteiger partial charge in [-0.3, -0.25) is 14.7 Å². The van der Waals surface area contributed by atoms with Crippen LogP contribution in [0, 0.1) is 0 Å². The Balaban J connectivity index is 1.48. The minimum atomic E-state index is -4.48. The Morgan fingerprint density at radius 3 is 2.55 bits per heavy atom. The number of para-hydroxylation sites is 2. The van der Waals surface area contributed by atoms with Gasteiger partial charge in [0.25, 0.3) is 11.8 Å². The Bertz CT molecular complexity index is 908. The number of carbonyl (C=O) groups is 2. The molecule has 0 atom stereocenters. The van der Waals surface area contributed by atoms with E-state index in [2.05, 4.69) is 10.2 Å². The quantitative estimate of drug-likeness (QED) is 0.690. The van der Waals surface area contributed by atoms with Crippen molar-refractivity contribution in [3.05, 3.63) is 41.7 Å². The fourth-order valence-corrected chi connectivity index (χ4v) is 3.34. The third-order valence-corrected chi connectivity index (χ3v) is 4.99. The highest BCUT2D eigenvalue weighted by Crippen LogP contribution is 2.28. The van der Waals surface area contributed by atoms with Crippen LogP contribution < -0.4 is 14.8 Å². The summed E-state index contributed by atoms with van der Waals surface area (Å²) in [5.41, 5.74) is 0.567. The fourth-order valence-electron chi connectivity index (χ4n) is 3.34. The van der Waals surface area contributed by atoms with Crippen molar-refractivity contribution < 1.29 is 32.2 Å². The van der Waals surface area contributed by atoms with Crippen molar-refractivity contribution >= 4 is 11.8 Å². The molecule has 0 radical (unpaired) electrons. The van der Waals surface area contributed by atoms with Gasteiger partial charge in [-0.1, -0.05) is 12.1 Å². The molecule has 1 aromatic heterocycles. The van der Waals surface area contributed by atoms with E-state index in [9.17, 15) is 22.8 Å². The summed E-state index contributed by atoms with van der Waals surface area (Å²) >= 11 is 0. The fraction of sp³-hybridized carbons (Fsp3) is 0.450. The number of aromatic nitrogens is 2. The van der Waals surface area contributed by atoms with Gasteiger partial charge in [-0.25, -0.2) is 0 Å². The van der Waals surface area contributed by atoms with Crippen LogP contribution in [0.3, 0.4) is 0 Å². The number of nitrogens with zero attached hydrogens (tertiary/aromatic N) is 2. The highest BCUT2D eigenvalue weighted by molar-refractivity contribution is 5.92. The summed E-state index contributed by atoms with van der Waals surface area (Å²) in [5.74, 6) is 0.0170. The maximum atomic E-state index is 12.5. The Morgan fingerprint density at radius 2 is 1.90 bits per heavy atom. The molecule has 0 saturated carbocycles. The van der Waals surface area contributed by atoms with Gasteiger partial charge in [0.1, 0.15) is 12.2 Å². The molecule has 0 spiro atoms. The topological polar surface area (TPSA) is 96.6 Å². The van der Waals surface area contributed by atoms with Crippen LogP contribution >= 0.6 is 0 Å². The number of hydrogen-bond donors (Lipinski definition) is 2. The van der Waals surface area contributed by atoms with Gasteiger partial charge in [0.15, 0.2) is 18.1 Å². The molecule has 3 rings (SSSR count). The van der Waals surface area contributed by atoms with E-state index in [0.29, 0.717) is 43.1 Å². The zero-order valence-electron chi connectivity index (χ0n) is 16.9. The lowest BCUT2D eigenvalue weighted by Crippen LogP contribution is -2.40. The molecule has 31 heavy (non-hydrogen) atoms. The number of alkyl halides is 3. The first kappa shape index (κ1) is 22.4. The molecule has 2 N–H and O–H groups in total. The van der Waals surface area contributed by atoms with Crippen molar-refractivity contribution in [3.8, 4) is 11.5 Å². The Morgan fingerprint density at radius 1 is 1.23 bits per heavy atom. The first-order valence-corrected chi connectivity index (χ1v) is 9.70. The van der Waals surface area contributed by atoms with E-state index in [0.717, 1.165) is 0 Å². The maximum Gasteiger partial charge on any atom is 0.405 e. The van der Waals surface area contributed by atoms with E-state index >= 15 is 0 Å². The van der Waals surface area contributed by atoms with E-state index in [1.54, 1.807) is 34.5 Å². The van der Waals surface area contributed by atoms with E-state index in [-0.39, 0.29) is 24.1 Å². The molecule has 0 aliphatic carbocycles. The van der Waals surface area contributed by atoms with Gasteiger partial charge in [0, 0.05) is 24.7 Å². The van der Waals surface area contributed by atoms with Gasteiger partial charge < -0.3 is 19.7 Å². The van der Waals surface area contributed by atoms with Crippen LogP contribution in [-0.2, 0) is 4.79 Å². The van der Waals surface area contributed by atoms with Crippen LogP contribution in [0.5, 0.6) is 11.5 Å². The molecule has 1 aromatic carbocycles. The second-order valence-electron chi connectivity index (χ2n) is 7.10. The minimum Gasteiger partial charge on any atom is -0.493 e. The summed E-state index contributed by atoms with van der Waals surface area (Å²) in [5, 5.41) is 8.32. The molecule has 8 nitrogen and oxygen atoms in total. The SMILES string of the molecule is COc1ccccc1OCC(=O)N1CCC(c2cc(C(=O)NCC(F)(F)F)n[nH]2)CC1. The van der Waals surface area contributed by atoms with Crippen molar-refractivity contribution in [2.45, 2.75) is 24.9 Å². The highest BCUT2D eigenvalue weighted by Gasteiger charge is 2.29. The minimum absolute atomic E-state index is 0.0239. The van der Waals surface area contributed by atoms with Crippen molar-refractivity contribution in [1.29, 1.82) is 0 Å². The molecule has 0 bridgehead atoms. The van der Waals surface area contributed by atoms with Gasteiger partial charge in [-0.15, -0.1) is 0 Å². The third kappa shape index (κ3) is 6.12. The smallest absolute Gasteiger partial charge is 0.405 e. The van der Waals surface area contributed by atoms with E-state index in [1.165, 1.54) is 13.2 Å². The summed E-state index contributed by atoms with van der Waals surface area (Å²) in [4.78, 5) is 25.9. The average Bonchev–Trinajstić information content (AvgIpc) is 3.26. The van der Waals surface area contributed by atoms with Crippen LogP contribution in [0.4, 0.5) is 13.2 Å². The lowest BCUT2D eigenvalue weighted by molar-refractivity contribution is -0.134. The summed E-state index contributed by atoms with van der Waals surface area (Å²) in [6, 6.07) is 8.51. The number of H-pyrrole nitrogens is 1. The summed E-state index contributed by atoms with van der Waals surface area (Å²) in [6.07, 6.45) is -3.22. The normalized spacial score (nSPS) is 14.9. The molecule has 0 unspecified atom stereocenters. The molecule has 11 heteroatoms. The van der Waals surface area contributed by atoms with E-state index in [1.807, 2.05) is 0 Å². The van der Waals surface area contributed by atoms with Gasteiger partial charge in [0.05, 0.1) is 7.11 Å². The molecule has 1 saturated heterocycles. The monoisotopic (exact) mass is 440 g/mol. The number of amides is 2. The van der Waals surface area contributed by atoms with Crippen LogP contribution in [0.25, 0.3) is 0 Å². The summed E-state index contributed by atoms with van der Waals surface area (Å²) < 4.78 is 47.5. The lowest BCUT2D eigenvalue weighted by atomic mass is 9.93. The molecule has 2 aromatic rings. The maximum absolute atomic E-state index is 12.5. The van der Waals surface area contributed by atoms with Crippen LogP contribution in [0.15, 0.2) is 30.3 Å². The van der Waals surface area contributed by atoms with Crippen LogP contribution in [-0.4, -0.2) is 66.4 Å². The van der Waals surface area contributed by atoms with E-state index in [4.69, 9.17) is 9.47 Å². The molecular formula is C20H23F3N4O4.